The smallest absolute Gasteiger partial charge is 0.335 e. The van der Waals surface area contributed by atoms with E-state index < -0.39 is 17.8 Å². The third-order valence-electron chi connectivity index (χ3n) is 3.69. The van der Waals surface area contributed by atoms with Gasteiger partial charge in [-0.1, -0.05) is 13.8 Å². The summed E-state index contributed by atoms with van der Waals surface area (Å²) in [5, 5.41) is 13.8. The molecule has 1 atom stereocenters. The zero-order valence-electron chi connectivity index (χ0n) is 11.4. The minimum Gasteiger partial charge on any atom is -0.478 e. The second kappa shape index (κ2) is 5.11. The Morgan fingerprint density at radius 1 is 1.45 bits per heavy atom. The predicted octanol–water partition coefficient (Wildman–Crippen LogP) is 2.69. The molecule has 0 aliphatic heterocycles. The van der Waals surface area contributed by atoms with Crippen LogP contribution in [0.4, 0.5) is 14.9 Å². The van der Waals surface area contributed by atoms with Gasteiger partial charge >= 0.3 is 12.0 Å². The van der Waals surface area contributed by atoms with Gasteiger partial charge in [0, 0.05) is 6.54 Å². The number of urea groups is 1. The molecule has 0 heterocycles. The van der Waals surface area contributed by atoms with E-state index in [0.717, 1.165) is 12.5 Å². The summed E-state index contributed by atoms with van der Waals surface area (Å²) in [6, 6.07) is 2.86. The number of hydrogen-bond acceptors (Lipinski definition) is 2. The Kier molecular flexibility index (Phi) is 3.65. The monoisotopic (exact) mass is 280 g/mol. The number of rotatable bonds is 4. The van der Waals surface area contributed by atoms with Gasteiger partial charge in [0.25, 0.3) is 0 Å². The first-order valence-corrected chi connectivity index (χ1v) is 6.37. The summed E-state index contributed by atoms with van der Waals surface area (Å²) >= 11 is 0. The minimum absolute atomic E-state index is 0.0393. The second-order valence-corrected chi connectivity index (χ2v) is 5.72. The van der Waals surface area contributed by atoms with Crippen LogP contribution in [-0.2, 0) is 0 Å². The first-order chi connectivity index (χ1) is 9.29. The molecule has 1 aliphatic carbocycles. The summed E-state index contributed by atoms with van der Waals surface area (Å²) in [6.07, 6.45) is 1.06. The fraction of sp³-hybridized carbons (Fsp3) is 0.429. The molecule has 0 spiro atoms. The van der Waals surface area contributed by atoms with Crippen LogP contribution in [0.3, 0.4) is 0 Å². The molecular weight excluding hydrogens is 263 g/mol. The lowest BCUT2D eigenvalue weighted by Gasteiger charge is -2.09. The molecule has 20 heavy (non-hydrogen) atoms. The maximum absolute atomic E-state index is 13.6. The topological polar surface area (TPSA) is 78.4 Å². The highest BCUT2D eigenvalue weighted by Gasteiger charge is 2.45. The second-order valence-electron chi connectivity index (χ2n) is 5.72. The summed E-state index contributed by atoms with van der Waals surface area (Å²) in [5.41, 5.74) is 0.0672. The SMILES string of the molecule is CC1(C)CC1CNC(=O)Nc1ccc(C(=O)O)cc1F. The number of hydrogen-bond donors (Lipinski definition) is 3. The van der Waals surface area contributed by atoms with E-state index >= 15 is 0 Å². The molecule has 5 nitrogen and oxygen atoms in total. The van der Waals surface area contributed by atoms with Gasteiger partial charge in [0.2, 0.25) is 0 Å². The molecule has 108 valence electrons. The standard InChI is InChI=1S/C14H17FN2O3/c1-14(2)6-9(14)7-16-13(20)17-11-4-3-8(12(18)19)5-10(11)15/h3-5,9H,6-7H2,1-2H3,(H,18,19)(H2,16,17,20). The molecule has 0 aromatic heterocycles. The lowest BCUT2D eigenvalue weighted by atomic mass is 10.1. The van der Waals surface area contributed by atoms with Gasteiger partial charge in [0.1, 0.15) is 5.82 Å². The molecule has 1 fully saturated rings. The average Bonchev–Trinajstić information content (AvgIpc) is 2.97. The third-order valence-corrected chi connectivity index (χ3v) is 3.69. The molecule has 1 aromatic carbocycles. The number of anilines is 1. The zero-order chi connectivity index (χ0) is 14.9. The van der Waals surface area contributed by atoms with Crippen molar-refractivity contribution in [2.24, 2.45) is 11.3 Å². The number of halogens is 1. The van der Waals surface area contributed by atoms with Gasteiger partial charge in [0.05, 0.1) is 11.3 Å². The lowest BCUT2D eigenvalue weighted by molar-refractivity contribution is 0.0696. The number of carbonyl (C=O) groups is 2. The molecular formula is C14H17FN2O3. The summed E-state index contributed by atoms with van der Waals surface area (Å²) in [7, 11) is 0. The van der Waals surface area contributed by atoms with E-state index in [4.69, 9.17) is 5.11 Å². The molecule has 0 radical (unpaired) electrons. The van der Waals surface area contributed by atoms with Crippen molar-refractivity contribution in [1.29, 1.82) is 0 Å². The molecule has 1 aliphatic rings. The first kappa shape index (κ1) is 14.3. The number of carbonyl (C=O) groups excluding carboxylic acids is 1. The van der Waals surface area contributed by atoms with Crippen molar-refractivity contribution in [2.75, 3.05) is 11.9 Å². The molecule has 1 saturated carbocycles. The summed E-state index contributed by atoms with van der Waals surface area (Å²) in [6.45, 7) is 4.80. The molecule has 0 bridgehead atoms. The van der Waals surface area contributed by atoms with E-state index in [9.17, 15) is 14.0 Å². The normalized spacial score (nSPS) is 19.2. The zero-order valence-corrected chi connectivity index (χ0v) is 11.4. The number of amides is 2. The van der Waals surface area contributed by atoms with Gasteiger partial charge < -0.3 is 15.7 Å². The number of carboxylic acids is 1. The Hall–Kier alpha value is -2.11. The Balaban J connectivity index is 1.89. The van der Waals surface area contributed by atoms with Crippen LogP contribution in [0.25, 0.3) is 0 Å². The summed E-state index contributed by atoms with van der Waals surface area (Å²) in [5.74, 6) is -1.53. The lowest BCUT2D eigenvalue weighted by Crippen LogP contribution is -2.31. The number of carboxylic acid groups (broad SMARTS) is 1. The number of benzene rings is 1. The van der Waals surface area contributed by atoms with E-state index in [2.05, 4.69) is 24.5 Å². The quantitative estimate of drug-likeness (QED) is 0.793. The van der Waals surface area contributed by atoms with Gasteiger partial charge in [-0.3, -0.25) is 0 Å². The third kappa shape index (κ3) is 3.26. The Morgan fingerprint density at radius 2 is 2.10 bits per heavy atom. The highest BCUT2D eigenvalue weighted by atomic mass is 19.1. The number of nitrogens with one attached hydrogen (secondary N) is 2. The van der Waals surface area contributed by atoms with Crippen LogP contribution >= 0.6 is 0 Å². The summed E-state index contributed by atoms with van der Waals surface area (Å²) < 4.78 is 13.6. The van der Waals surface area contributed by atoms with Crippen LogP contribution in [0, 0.1) is 17.2 Å². The van der Waals surface area contributed by atoms with Crippen LogP contribution < -0.4 is 10.6 Å². The van der Waals surface area contributed by atoms with Crippen LogP contribution in [0.15, 0.2) is 18.2 Å². The summed E-state index contributed by atoms with van der Waals surface area (Å²) in [4.78, 5) is 22.3. The molecule has 6 heteroatoms. The van der Waals surface area contributed by atoms with Crippen LogP contribution in [0.5, 0.6) is 0 Å². The van der Waals surface area contributed by atoms with Crippen molar-refractivity contribution in [3.8, 4) is 0 Å². The van der Waals surface area contributed by atoms with E-state index in [-0.39, 0.29) is 16.7 Å². The maximum Gasteiger partial charge on any atom is 0.335 e. The van der Waals surface area contributed by atoms with Gasteiger partial charge in [-0.25, -0.2) is 14.0 Å². The molecule has 3 N–H and O–H groups in total. The minimum atomic E-state index is -1.21. The van der Waals surface area contributed by atoms with Gasteiger partial charge in [-0.2, -0.15) is 0 Å². The van der Waals surface area contributed by atoms with Gasteiger partial charge in [-0.05, 0) is 36.0 Å². The van der Waals surface area contributed by atoms with Crippen LogP contribution in [0.2, 0.25) is 0 Å². The van der Waals surface area contributed by atoms with Crippen molar-refractivity contribution in [3.63, 3.8) is 0 Å². The fourth-order valence-electron chi connectivity index (χ4n) is 2.06. The molecule has 2 amide bonds. The predicted molar refractivity (Wildman–Crippen MR) is 72.3 cm³/mol. The Bertz CT molecular complexity index is 557. The van der Waals surface area contributed by atoms with Crippen LogP contribution in [0.1, 0.15) is 30.6 Å². The van der Waals surface area contributed by atoms with Crippen LogP contribution in [-0.4, -0.2) is 23.7 Å². The Morgan fingerprint density at radius 3 is 2.60 bits per heavy atom. The first-order valence-electron chi connectivity index (χ1n) is 6.37. The van der Waals surface area contributed by atoms with Crippen molar-refractivity contribution >= 4 is 17.7 Å². The maximum atomic E-state index is 13.6. The largest absolute Gasteiger partial charge is 0.478 e. The van der Waals surface area contributed by atoms with E-state index in [1.165, 1.54) is 12.1 Å². The Labute approximate surface area is 116 Å². The fourth-order valence-corrected chi connectivity index (χ4v) is 2.06. The number of aromatic carboxylic acids is 1. The molecule has 2 rings (SSSR count). The van der Waals surface area contributed by atoms with Gasteiger partial charge in [0.15, 0.2) is 0 Å². The van der Waals surface area contributed by atoms with E-state index in [0.29, 0.717) is 12.5 Å². The molecule has 0 saturated heterocycles. The highest BCUT2D eigenvalue weighted by molar-refractivity contribution is 5.91. The van der Waals surface area contributed by atoms with Gasteiger partial charge in [-0.15, -0.1) is 0 Å². The van der Waals surface area contributed by atoms with Crippen molar-refractivity contribution in [3.05, 3.63) is 29.6 Å². The van der Waals surface area contributed by atoms with Crippen molar-refractivity contribution < 1.29 is 19.1 Å². The highest BCUT2D eigenvalue weighted by Crippen LogP contribution is 2.50. The van der Waals surface area contributed by atoms with E-state index in [1.807, 2.05) is 0 Å². The van der Waals surface area contributed by atoms with Crippen molar-refractivity contribution in [1.82, 2.24) is 5.32 Å². The van der Waals surface area contributed by atoms with Crippen molar-refractivity contribution in [2.45, 2.75) is 20.3 Å². The van der Waals surface area contributed by atoms with E-state index in [1.54, 1.807) is 0 Å². The average molecular weight is 280 g/mol. The molecule has 1 aromatic rings. The molecule has 1 unspecified atom stereocenters.